The van der Waals surface area contributed by atoms with Gasteiger partial charge in [0.1, 0.15) is 18.6 Å². The second-order valence-corrected chi connectivity index (χ2v) is 9.19. The van der Waals surface area contributed by atoms with E-state index in [0.29, 0.717) is 21.3 Å². The monoisotopic (exact) mass is 549 g/mol. The molecule has 192 valence electrons. The van der Waals surface area contributed by atoms with Gasteiger partial charge >= 0.3 is 11.7 Å². The van der Waals surface area contributed by atoms with Crippen LogP contribution in [-0.4, -0.2) is 38.4 Å². The van der Waals surface area contributed by atoms with E-state index >= 15 is 0 Å². The third-order valence-electron chi connectivity index (χ3n) is 5.99. The van der Waals surface area contributed by atoms with E-state index in [2.05, 4.69) is 15.4 Å². The number of nitrogens with two attached hydrogens (primary N) is 1. The van der Waals surface area contributed by atoms with Gasteiger partial charge in [-0.15, -0.1) is 0 Å². The predicted molar refractivity (Wildman–Crippen MR) is 141 cm³/mol. The molecule has 0 aliphatic carbocycles. The van der Waals surface area contributed by atoms with Crippen molar-refractivity contribution in [3.05, 3.63) is 113 Å². The van der Waals surface area contributed by atoms with Crippen molar-refractivity contribution >= 4 is 35.0 Å². The Morgan fingerprint density at radius 3 is 2.37 bits per heavy atom. The summed E-state index contributed by atoms with van der Waals surface area (Å²) >= 11 is 12.7. The zero-order valence-electron chi connectivity index (χ0n) is 19.8. The summed E-state index contributed by atoms with van der Waals surface area (Å²) < 4.78 is 12.5. The smallest absolute Gasteiger partial charge is 0.352 e. The van der Waals surface area contributed by atoms with E-state index in [4.69, 9.17) is 38.4 Å². The molecular formula is C27H21Cl2N5O4. The number of primary amides is 1. The molecule has 0 spiro atoms. The molecule has 5 rings (SSSR count). The number of aromatic nitrogens is 3. The molecule has 38 heavy (non-hydrogen) atoms. The summed E-state index contributed by atoms with van der Waals surface area (Å²) in [4.78, 5) is 30.5. The van der Waals surface area contributed by atoms with Gasteiger partial charge in [0.25, 0.3) is 5.91 Å². The number of hydrogen-bond acceptors (Lipinski definition) is 6. The van der Waals surface area contributed by atoms with Gasteiger partial charge in [-0.05, 0) is 35.9 Å². The lowest BCUT2D eigenvalue weighted by atomic mass is 9.97. The Bertz CT molecular complexity index is 1490. The Morgan fingerprint density at radius 2 is 1.68 bits per heavy atom. The lowest BCUT2D eigenvalue weighted by Crippen LogP contribution is -2.61. The maximum Gasteiger partial charge on any atom is 0.352 e. The van der Waals surface area contributed by atoms with Crippen LogP contribution in [-0.2, 0) is 20.7 Å². The van der Waals surface area contributed by atoms with Crippen molar-refractivity contribution < 1.29 is 19.1 Å². The normalized spacial score (nSPS) is 14.4. The summed E-state index contributed by atoms with van der Waals surface area (Å²) in [7, 11) is 0. The Kier molecular flexibility index (Phi) is 7.04. The Morgan fingerprint density at radius 1 is 0.974 bits per heavy atom. The second-order valence-electron chi connectivity index (χ2n) is 8.37. The number of pyridine rings is 1. The predicted octanol–water partition coefficient (Wildman–Crippen LogP) is 4.28. The van der Waals surface area contributed by atoms with E-state index in [1.54, 1.807) is 42.6 Å². The quantitative estimate of drug-likeness (QED) is 0.338. The van der Waals surface area contributed by atoms with E-state index in [1.165, 1.54) is 23.4 Å². The highest BCUT2D eigenvalue weighted by Gasteiger charge is 2.51. The number of benzene rings is 2. The van der Waals surface area contributed by atoms with Gasteiger partial charge in [-0.1, -0.05) is 59.6 Å². The van der Waals surface area contributed by atoms with Crippen molar-refractivity contribution in [1.29, 1.82) is 0 Å². The molecule has 3 heterocycles. The fraction of sp³-hybridized carbons (Fsp3) is 0.111. The fourth-order valence-corrected chi connectivity index (χ4v) is 4.77. The Balaban J connectivity index is 1.48. The molecule has 1 atom stereocenters. The van der Waals surface area contributed by atoms with E-state index < -0.39 is 23.6 Å². The first-order valence-electron chi connectivity index (χ1n) is 11.5. The first-order valence-corrected chi connectivity index (χ1v) is 12.3. The summed E-state index contributed by atoms with van der Waals surface area (Å²) in [6.45, 7) is 0. The number of hydrogen-bond donors (Lipinski definition) is 2. The number of ether oxygens (including phenoxy) is 2. The molecule has 1 aliphatic heterocycles. The number of carbonyl (C=O) groups is 2. The summed E-state index contributed by atoms with van der Waals surface area (Å²) in [5.74, 6) is -3.10. The zero-order valence-corrected chi connectivity index (χ0v) is 21.3. The van der Waals surface area contributed by atoms with E-state index in [9.17, 15) is 9.59 Å². The van der Waals surface area contributed by atoms with Gasteiger partial charge < -0.3 is 20.5 Å². The highest BCUT2D eigenvalue weighted by atomic mass is 35.5. The van der Waals surface area contributed by atoms with Gasteiger partial charge in [0.2, 0.25) is 0 Å². The second kappa shape index (κ2) is 10.6. The highest BCUT2D eigenvalue weighted by Crippen LogP contribution is 2.34. The molecule has 0 saturated carbocycles. The van der Waals surface area contributed by atoms with Crippen molar-refractivity contribution in [1.82, 2.24) is 20.1 Å². The summed E-state index contributed by atoms with van der Waals surface area (Å²) in [5.41, 5.74) is 7.77. The first-order chi connectivity index (χ1) is 18.4. The maximum absolute atomic E-state index is 13.6. The summed E-state index contributed by atoms with van der Waals surface area (Å²) in [6, 6.07) is 18.4. The van der Waals surface area contributed by atoms with Crippen molar-refractivity contribution in [2.24, 2.45) is 5.73 Å². The van der Waals surface area contributed by atoms with E-state index in [-0.39, 0.29) is 17.8 Å². The van der Waals surface area contributed by atoms with Gasteiger partial charge in [0.15, 0.2) is 5.82 Å². The molecular weight excluding hydrogens is 529 g/mol. The first kappa shape index (κ1) is 25.3. The highest BCUT2D eigenvalue weighted by molar-refractivity contribution is 6.39. The van der Waals surface area contributed by atoms with Gasteiger partial charge in [-0.2, -0.15) is 5.10 Å². The average molecular weight is 550 g/mol. The van der Waals surface area contributed by atoms with Crippen LogP contribution in [0.15, 0.2) is 91.6 Å². The third-order valence-corrected chi connectivity index (χ3v) is 6.62. The van der Waals surface area contributed by atoms with Crippen LogP contribution in [0.25, 0.3) is 17.1 Å². The lowest BCUT2D eigenvalue weighted by molar-refractivity contribution is -0.182. The van der Waals surface area contributed by atoms with Crippen LogP contribution in [0, 0.1) is 0 Å². The van der Waals surface area contributed by atoms with Crippen LogP contribution in [0.1, 0.15) is 15.9 Å². The van der Waals surface area contributed by atoms with Crippen molar-refractivity contribution in [2.45, 2.75) is 18.2 Å². The lowest BCUT2D eigenvalue weighted by Gasteiger charge is -2.33. The molecule has 3 N–H and O–H groups in total. The van der Waals surface area contributed by atoms with E-state index in [1.807, 2.05) is 30.3 Å². The van der Waals surface area contributed by atoms with E-state index in [0.717, 1.165) is 5.56 Å². The average Bonchev–Trinajstić information content (AvgIpc) is 3.60. The number of nitrogens with one attached hydrogen (secondary N) is 1. The summed E-state index contributed by atoms with van der Waals surface area (Å²) in [5, 5.41) is 8.29. The number of halogens is 2. The molecule has 2 amide bonds. The van der Waals surface area contributed by atoms with Crippen LogP contribution < -0.4 is 11.1 Å². The number of amides is 2. The molecule has 1 unspecified atom stereocenters. The SMILES string of the molecule is NC(=O)C1(C(Cc2ccccc2)NC(=O)c2cccnc2-n2ccc(-c3c(Cl)cccc3Cl)n2)OC=CO1. The standard InChI is InChI=1S/C27H21Cl2N5O4/c28-19-9-4-10-20(29)23(19)21-11-13-34(33-21)24-18(8-5-12-31-24)25(35)32-22(16-17-6-2-1-3-7-17)27(26(30)36)37-14-15-38-27/h1-15,22H,16H2,(H2,30,36)(H,32,35). The van der Waals surface area contributed by atoms with Gasteiger partial charge in [-0.25, -0.2) is 9.67 Å². The molecule has 0 fully saturated rings. The molecule has 2 aromatic carbocycles. The largest absolute Gasteiger partial charge is 0.447 e. The zero-order chi connectivity index (χ0) is 26.7. The van der Waals surface area contributed by atoms with Gasteiger partial charge in [-0.3, -0.25) is 9.59 Å². The van der Waals surface area contributed by atoms with Crippen LogP contribution in [0.5, 0.6) is 0 Å². The minimum atomic E-state index is -1.92. The topological polar surface area (TPSA) is 121 Å². The van der Waals surface area contributed by atoms with Crippen LogP contribution in [0.3, 0.4) is 0 Å². The minimum Gasteiger partial charge on any atom is -0.447 e. The molecule has 0 radical (unpaired) electrons. The number of carbonyl (C=O) groups excluding carboxylic acids is 2. The Labute approximate surface area is 227 Å². The van der Waals surface area contributed by atoms with Crippen molar-refractivity contribution in [2.75, 3.05) is 0 Å². The Hall–Kier alpha value is -4.34. The number of nitrogens with zero attached hydrogens (tertiary/aromatic N) is 3. The van der Waals surface area contributed by atoms with Gasteiger partial charge in [0.05, 0.1) is 21.3 Å². The summed E-state index contributed by atoms with van der Waals surface area (Å²) in [6.07, 6.45) is 5.82. The molecule has 4 aromatic rings. The third kappa shape index (κ3) is 4.81. The van der Waals surface area contributed by atoms with Crippen molar-refractivity contribution in [3.8, 4) is 17.1 Å². The molecule has 9 nitrogen and oxygen atoms in total. The minimum absolute atomic E-state index is 0.191. The molecule has 0 bridgehead atoms. The molecule has 11 heteroatoms. The molecule has 1 aliphatic rings. The number of rotatable bonds is 8. The fourth-order valence-electron chi connectivity index (χ4n) is 4.18. The maximum atomic E-state index is 13.6. The van der Waals surface area contributed by atoms with Crippen LogP contribution in [0.2, 0.25) is 10.0 Å². The molecule has 0 saturated heterocycles. The van der Waals surface area contributed by atoms with Crippen molar-refractivity contribution in [3.63, 3.8) is 0 Å². The molecule has 2 aromatic heterocycles. The van der Waals surface area contributed by atoms with Crippen LogP contribution >= 0.6 is 23.2 Å². The van der Waals surface area contributed by atoms with Crippen LogP contribution in [0.4, 0.5) is 0 Å². The van der Waals surface area contributed by atoms with Gasteiger partial charge in [0, 0.05) is 24.4 Å².